The number of amides is 1. The highest BCUT2D eigenvalue weighted by molar-refractivity contribution is 7.20. The highest BCUT2D eigenvalue weighted by Crippen LogP contribution is 2.33. The molecule has 0 spiro atoms. The minimum atomic E-state index is -4.62. The number of nitrogens with one attached hydrogen (secondary N) is 1. The molecule has 5 nitrogen and oxygen atoms in total. The largest absolute Gasteiger partial charge is 0.452 e. The van der Waals surface area contributed by atoms with Crippen molar-refractivity contribution in [2.75, 3.05) is 11.9 Å². The maximum Gasteiger partial charge on any atom is 0.417 e. The summed E-state index contributed by atoms with van der Waals surface area (Å²) in [6, 6.07) is 1.90. The summed E-state index contributed by atoms with van der Waals surface area (Å²) in [6.45, 7) is -0.721. The molecule has 0 bridgehead atoms. The molecule has 0 saturated carbocycles. The number of hydrogen-bond acceptors (Lipinski definition) is 5. The van der Waals surface area contributed by atoms with E-state index in [0.717, 1.165) is 11.3 Å². The third-order valence-electron chi connectivity index (χ3n) is 2.64. The Hall–Kier alpha value is -1.55. The van der Waals surface area contributed by atoms with Gasteiger partial charge in [0.05, 0.1) is 20.5 Å². The Morgan fingerprint density at radius 2 is 1.92 bits per heavy atom. The van der Waals surface area contributed by atoms with Crippen molar-refractivity contribution in [1.82, 2.24) is 4.98 Å². The third kappa shape index (κ3) is 5.21. The van der Waals surface area contributed by atoms with Crippen LogP contribution in [0.4, 0.5) is 19.0 Å². The van der Waals surface area contributed by atoms with E-state index in [1.807, 2.05) is 0 Å². The van der Waals surface area contributed by atoms with Gasteiger partial charge in [0.1, 0.15) is 4.34 Å². The zero-order valence-electron chi connectivity index (χ0n) is 11.8. The lowest BCUT2D eigenvalue weighted by Crippen LogP contribution is -2.21. The topological polar surface area (TPSA) is 68.3 Å². The number of carbonyl (C=O) groups excluding carboxylic acids is 2. The number of esters is 1. The first-order valence-electron chi connectivity index (χ1n) is 6.22. The average Bonchev–Trinajstić information content (AvgIpc) is 2.84. The summed E-state index contributed by atoms with van der Waals surface area (Å²) in [4.78, 5) is 26.9. The molecule has 134 valence electrons. The number of carbonyl (C=O) groups is 2. The molecule has 0 fully saturated rings. The van der Waals surface area contributed by atoms with E-state index in [2.05, 4.69) is 10.3 Å². The molecular weight excluding hydrogens is 428 g/mol. The maximum absolute atomic E-state index is 12.5. The van der Waals surface area contributed by atoms with E-state index in [1.54, 1.807) is 0 Å². The van der Waals surface area contributed by atoms with Gasteiger partial charge in [-0.05, 0) is 12.1 Å². The quantitative estimate of drug-likeness (QED) is 0.695. The fraction of sp³-hybridized carbons (Fsp3) is 0.154. The molecule has 0 aromatic carbocycles. The third-order valence-corrected chi connectivity index (χ3v) is 4.41. The lowest BCUT2D eigenvalue weighted by atomic mass is 10.3. The summed E-state index contributed by atoms with van der Waals surface area (Å²) in [5, 5.41) is 1.72. The fourth-order valence-corrected chi connectivity index (χ4v) is 3.20. The predicted molar refractivity (Wildman–Crippen MR) is 87.5 cm³/mol. The molecule has 0 radical (unpaired) electrons. The van der Waals surface area contributed by atoms with Gasteiger partial charge in [-0.1, -0.05) is 34.8 Å². The van der Waals surface area contributed by atoms with Crippen LogP contribution in [0.25, 0.3) is 0 Å². The van der Waals surface area contributed by atoms with Gasteiger partial charge in [0, 0.05) is 6.20 Å². The zero-order valence-corrected chi connectivity index (χ0v) is 14.9. The van der Waals surface area contributed by atoms with Crippen LogP contribution in [0.1, 0.15) is 15.9 Å². The molecule has 1 amide bonds. The molecular formula is C13H6Cl3F3N2O3S. The highest BCUT2D eigenvalue weighted by atomic mass is 35.5. The monoisotopic (exact) mass is 432 g/mol. The van der Waals surface area contributed by atoms with Gasteiger partial charge in [0.2, 0.25) is 0 Å². The first-order chi connectivity index (χ1) is 11.6. The number of halogens is 6. The van der Waals surface area contributed by atoms with Crippen molar-refractivity contribution in [3.63, 3.8) is 0 Å². The smallest absolute Gasteiger partial charge is 0.417 e. The summed E-state index contributed by atoms with van der Waals surface area (Å²) >= 11 is 18.1. The van der Waals surface area contributed by atoms with E-state index in [9.17, 15) is 22.8 Å². The molecule has 2 heterocycles. The first kappa shape index (κ1) is 19.8. The zero-order chi connectivity index (χ0) is 18.8. The minimum absolute atomic E-state index is 0.00449. The van der Waals surface area contributed by atoms with Crippen molar-refractivity contribution in [3.05, 3.63) is 43.2 Å². The van der Waals surface area contributed by atoms with Gasteiger partial charge in [-0.25, -0.2) is 9.78 Å². The Morgan fingerprint density at radius 3 is 2.44 bits per heavy atom. The summed E-state index contributed by atoms with van der Waals surface area (Å²) in [5.74, 6) is -2.03. The summed E-state index contributed by atoms with van der Waals surface area (Å²) < 4.78 is 42.6. The molecule has 2 aromatic heterocycles. The second-order valence-corrected chi connectivity index (χ2v) is 7.11. The molecule has 0 aliphatic heterocycles. The van der Waals surface area contributed by atoms with Crippen LogP contribution >= 0.6 is 46.1 Å². The molecule has 25 heavy (non-hydrogen) atoms. The summed E-state index contributed by atoms with van der Waals surface area (Å²) in [5.41, 5.74) is -1.07. The van der Waals surface area contributed by atoms with E-state index in [1.165, 1.54) is 6.07 Å². The summed E-state index contributed by atoms with van der Waals surface area (Å²) in [6.07, 6.45) is -4.10. The van der Waals surface area contributed by atoms with E-state index in [-0.39, 0.29) is 20.1 Å². The van der Waals surface area contributed by atoms with Crippen LogP contribution in [0.3, 0.4) is 0 Å². The second-order valence-electron chi connectivity index (χ2n) is 4.41. The van der Waals surface area contributed by atoms with E-state index < -0.39 is 35.2 Å². The maximum atomic E-state index is 12.5. The van der Waals surface area contributed by atoms with Gasteiger partial charge >= 0.3 is 12.1 Å². The Balaban J connectivity index is 1.96. The molecule has 2 aromatic rings. The number of aromatic nitrogens is 1. The summed E-state index contributed by atoms with van der Waals surface area (Å²) in [7, 11) is 0. The first-order valence-corrected chi connectivity index (χ1v) is 8.17. The average molecular weight is 434 g/mol. The van der Waals surface area contributed by atoms with Crippen molar-refractivity contribution in [2.45, 2.75) is 6.18 Å². The normalized spacial score (nSPS) is 11.3. The van der Waals surface area contributed by atoms with Gasteiger partial charge in [0.15, 0.2) is 12.4 Å². The molecule has 2 rings (SSSR count). The second kappa shape index (κ2) is 7.77. The van der Waals surface area contributed by atoms with E-state index in [4.69, 9.17) is 39.5 Å². The van der Waals surface area contributed by atoms with Crippen molar-refractivity contribution >= 4 is 63.8 Å². The fourth-order valence-electron chi connectivity index (χ4n) is 1.54. The van der Waals surface area contributed by atoms with Crippen LogP contribution in [0, 0.1) is 0 Å². The number of nitrogens with zero attached hydrogens (tertiary/aromatic N) is 1. The number of hydrogen-bond donors (Lipinski definition) is 1. The SMILES string of the molecule is O=C(COC(=O)c1cc(Cl)sc1Cl)Nc1ncc(C(F)(F)F)cc1Cl. The van der Waals surface area contributed by atoms with Crippen LogP contribution in [0.5, 0.6) is 0 Å². The molecule has 0 aliphatic rings. The van der Waals surface area contributed by atoms with Gasteiger partial charge in [-0.15, -0.1) is 11.3 Å². The Morgan fingerprint density at radius 1 is 1.24 bits per heavy atom. The van der Waals surface area contributed by atoms with Gasteiger partial charge < -0.3 is 10.1 Å². The highest BCUT2D eigenvalue weighted by Gasteiger charge is 2.31. The Labute approximate surface area is 157 Å². The van der Waals surface area contributed by atoms with Crippen LogP contribution in [0.2, 0.25) is 13.7 Å². The number of rotatable bonds is 4. The molecule has 0 saturated heterocycles. The number of thiophene rings is 1. The molecule has 1 N–H and O–H groups in total. The minimum Gasteiger partial charge on any atom is -0.452 e. The van der Waals surface area contributed by atoms with Crippen molar-refractivity contribution < 1.29 is 27.5 Å². The van der Waals surface area contributed by atoms with Gasteiger partial charge in [-0.2, -0.15) is 13.2 Å². The Kier molecular flexibility index (Phi) is 6.15. The number of ether oxygens (including phenoxy) is 1. The predicted octanol–water partition coefficient (Wildman–Crippen LogP) is 4.92. The molecule has 0 unspecified atom stereocenters. The molecule has 0 atom stereocenters. The van der Waals surface area contributed by atoms with Gasteiger partial charge in [0.25, 0.3) is 5.91 Å². The van der Waals surface area contributed by atoms with Crippen LogP contribution in [0.15, 0.2) is 18.3 Å². The molecule has 12 heteroatoms. The van der Waals surface area contributed by atoms with E-state index >= 15 is 0 Å². The lowest BCUT2D eigenvalue weighted by molar-refractivity contribution is -0.137. The lowest BCUT2D eigenvalue weighted by Gasteiger charge is -2.10. The Bertz CT molecular complexity index is 827. The van der Waals surface area contributed by atoms with Crippen LogP contribution in [-0.2, 0) is 15.7 Å². The number of alkyl halides is 3. The van der Waals surface area contributed by atoms with E-state index in [0.29, 0.717) is 12.3 Å². The van der Waals surface area contributed by atoms with Crippen LogP contribution < -0.4 is 5.32 Å². The van der Waals surface area contributed by atoms with Crippen molar-refractivity contribution in [1.29, 1.82) is 0 Å². The van der Waals surface area contributed by atoms with Crippen LogP contribution in [-0.4, -0.2) is 23.5 Å². The van der Waals surface area contributed by atoms with Gasteiger partial charge in [-0.3, -0.25) is 4.79 Å². The van der Waals surface area contributed by atoms with Crippen molar-refractivity contribution in [3.8, 4) is 0 Å². The standard InChI is InChI=1S/C13H6Cl3F3N2O3S/c14-7-1-5(13(17,18)19)3-20-11(7)21-9(22)4-24-12(23)6-2-8(15)25-10(6)16/h1-3H,4H2,(H,20,21,22). The van der Waals surface area contributed by atoms with Crippen molar-refractivity contribution in [2.24, 2.45) is 0 Å². The molecule has 0 aliphatic carbocycles. The number of anilines is 1. The number of pyridine rings is 1.